The molecule has 2 rings (SSSR count). The van der Waals surface area contributed by atoms with E-state index in [0.29, 0.717) is 11.8 Å². The molecular weight excluding hydrogens is 200 g/mol. The van der Waals surface area contributed by atoms with Gasteiger partial charge in [-0.2, -0.15) is 0 Å². The van der Waals surface area contributed by atoms with Crippen LogP contribution >= 0.6 is 0 Å². The van der Waals surface area contributed by atoms with Crippen LogP contribution in [-0.4, -0.2) is 11.1 Å². The van der Waals surface area contributed by atoms with Gasteiger partial charge >= 0.3 is 5.97 Å². The van der Waals surface area contributed by atoms with E-state index in [-0.39, 0.29) is 5.41 Å². The number of carboxylic acids is 1. The summed E-state index contributed by atoms with van der Waals surface area (Å²) in [6.07, 6.45) is 10.3. The quantitative estimate of drug-likeness (QED) is 0.790. The number of rotatable bonds is 3. The molecule has 0 amide bonds. The van der Waals surface area contributed by atoms with Gasteiger partial charge in [-0.25, -0.2) is 0 Å². The van der Waals surface area contributed by atoms with Crippen molar-refractivity contribution in [3.63, 3.8) is 0 Å². The van der Waals surface area contributed by atoms with Crippen LogP contribution in [0.5, 0.6) is 0 Å². The Bertz CT molecular complexity index is 255. The first-order chi connectivity index (χ1) is 7.62. The van der Waals surface area contributed by atoms with Crippen molar-refractivity contribution in [3.8, 4) is 0 Å². The number of aliphatic carboxylic acids is 1. The lowest BCUT2D eigenvalue weighted by atomic mass is 9.66. The fraction of sp³-hybridized carbons (Fsp3) is 0.929. The van der Waals surface area contributed by atoms with Crippen molar-refractivity contribution in [1.29, 1.82) is 0 Å². The Kier molecular flexibility index (Phi) is 3.56. The van der Waals surface area contributed by atoms with Crippen LogP contribution in [0, 0.1) is 17.3 Å². The van der Waals surface area contributed by atoms with E-state index in [2.05, 4.69) is 6.92 Å². The summed E-state index contributed by atoms with van der Waals surface area (Å²) >= 11 is 0. The highest BCUT2D eigenvalue weighted by molar-refractivity contribution is 5.74. The Morgan fingerprint density at radius 1 is 1.25 bits per heavy atom. The third-order valence-corrected chi connectivity index (χ3v) is 4.70. The second kappa shape index (κ2) is 4.77. The summed E-state index contributed by atoms with van der Waals surface area (Å²) < 4.78 is 0. The summed E-state index contributed by atoms with van der Waals surface area (Å²) in [5.74, 6) is 0.776. The molecule has 0 saturated heterocycles. The fourth-order valence-corrected chi connectivity index (χ4v) is 3.89. The molecule has 0 aromatic carbocycles. The summed E-state index contributed by atoms with van der Waals surface area (Å²) in [7, 11) is 0. The highest BCUT2D eigenvalue weighted by atomic mass is 16.4. The molecule has 0 radical (unpaired) electrons. The van der Waals surface area contributed by atoms with Gasteiger partial charge in [-0.1, -0.05) is 45.4 Å². The molecule has 0 spiro atoms. The van der Waals surface area contributed by atoms with Crippen molar-refractivity contribution in [2.75, 3.05) is 0 Å². The molecule has 2 heteroatoms. The van der Waals surface area contributed by atoms with Crippen LogP contribution < -0.4 is 0 Å². The maximum atomic E-state index is 11.6. The summed E-state index contributed by atoms with van der Waals surface area (Å²) in [6.45, 7) is 2.21. The van der Waals surface area contributed by atoms with Crippen LogP contribution in [0.25, 0.3) is 0 Å². The smallest absolute Gasteiger partial charge is 0.309 e. The zero-order valence-electron chi connectivity index (χ0n) is 10.4. The van der Waals surface area contributed by atoms with Crippen LogP contribution in [0.1, 0.15) is 64.7 Å². The molecule has 0 aliphatic heterocycles. The van der Waals surface area contributed by atoms with Gasteiger partial charge in [0.05, 0.1) is 5.41 Å². The van der Waals surface area contributed by atoms with Crippen molar-refractivity contribution in [1.82, 2.24) is 0 Å². The van der Waals surface area contributed by atoms with Gasteiger partial charge in [0.15, 0.2) is 0 Å². The highest BCUT2D eigenvalue weighted by Gasteiger charge is 2.43. The van der Waals surface area contributed by atoms with E-state index < -0.39 is 5.97 Å². The average molecular weight is 224 g/mol. The maximum absolute atomic E-state index is 11.6. The molecule has 0 aromatic heterocycles. The van der Waals surface area contributed by atoms with Crippen LogP contribution in [0.15, 0.2) is 0 Å². The molecule has 2 unspecified atom stereocenters. The molecule has 92 valence electrons. The van der Waals surface area contributed by atoms with Crippen LogP contribution in [-0.2, 0) is 4.79 Å². The average Bonchev–Trinajstić information content (AvgIpc) is 2.70. The number of carboxylic acid groups (broad SMARTS) is 1. The molecule has 1 N–H and O–H groups in total. The third-order valence-electron chi connectivity index (χ3n) is 4.70. The van der Waals surface area contributed by atoms with Crippen molar-refractivity contribution in [2.24, 2.45) is 17.3 Å². The molecule has 0 bridgehead atoms. The van der Waals surface area contributed by atoms with Crippen molar-refractivity contribution in [2.45, 2.75) is 64.7 Å². The Morgan fingerprint density at radius 3 is 2.50 bits per heavy atom. The molecule has 2 aliphatic rings. The van der Waals surface area contributed by atoms with E-state index in [1.165, 1.54) is 32.1 Å². The topological polar surface area (TPSA) is 37.3 Å². The van der Waals surface area contributed by atoms with Gasteiger partial charge in [0.25, 0.3) is 0 Å². The zero-order valence-corrected chi connectivity index (χ0v) is 10.4. The molecular formula is C14H24O2. The summed E-state index contributed by atoms with van der Waals surface area (Å²) in [6, 6.07) is 0. The van der Waals surface area contributed by atoms with Crippen LogP contribution in [0.2, 0.25) is 0 Å². The largest absolute Gasteiger partial charge is 0.481 e. The second-order valence-corrected chi connectivity index (χ2v) is 6.14. The van der Waals surface area contributed by atoms with E-state index >= 15 is 0 Å². The minimum absolute atomic E-state index is 0.368. The Labute approximate surface area is 98.4 Å². The van der Waals surface area contributed by atoms with Crippen molar-refractivity contribution >= 4 is 5.97 Å². The van der Waals surface area contributed by atoms with Crippen molar-refractivity contribution < 1.29 is 9.90 Å². The first-order valence-electron chi connectivity index (χ1n) is 6.86. The first-order valence-corrected chi connectivity index (χ1v) is 6.86. The minimum Gasteiger partial charge on any atom is -0.481 e. The molecule has 16 heavy (non-hydrogen) atoms. The predicted molar refractivity (Wildman–Crippen MR) is 64.3 cm³/mol. The normalized spacial score (nSPS) is 36.4. The third kappa shape index (κ3) is 2.41. The summed E-state index contributed by atoms with van der Waals surface area (Å²) in [5.41, 5.74) is -0.368. The lowest BCUT2D eigenvalue weighted by molar-refractivity contribution is -0.153. The number of hydrogen-bond donors (Lipinski definition) is 1. The van der Waals surface area contributed by atoms with Gasteiger partial charge in [-0.05, 0) is 31.1 Å². The van der Waals surface area contributed by atoms with Gasteiger partial charge in [-0.15, -0.1) is 0 Å². The Hall–Kier alpha value is -0.530. The SMILES string of the molecule is CC1CCCC(CC2CCCC2)(C(=O)O)C1. The van der Waals surface area contributed by atoms with Crippen LogP contribution in [0.4, 0.5) is 0 Å². The van der Waals surface area contributed by atoms with Gasteiger partial charge in [0.1, 0.15) is 0 Å². The van der Waals surface area contributed by atoms with Gasteiger partial charge in [0, 0.05) is 0 Å². The lowest BCUT2D eigenvalue weighted by Crippen LogP contribution is -2.37. The van der Waals surface area contributed by atoms with Crippen molar-refractivity contribution in [3.05, 3.63) is 0 Å². The lowest BCUT2D eigenvalue weighted by Gasteiger charge is -2.38. The number of hydrogen-bond acceptors (Lipinski definition) is 1. The molecule has 0 aromatic rings. The van der Waals surface area contributed by atoms with E-state index in [9.17, 15) is 9.90 Å². The van der Waals surface area contributed by atoms with Gasteiger partial charge in [0.2, 0.25) is 0 Å². The van der Waals surface area contributed by atoms with E-state index in [0.717, 1.165) is 25.7 Å². The number of carbonyl (C=O) groups is 1. The summed E-state index contributed by atoms with van der Waals surface area (Å²) in [5, 5.41) is 9.57. The summed E-state index contributed by atoms with van der Waals surface area (Å²) in [4.78, 5) is 11.6. The van der Waals surface area contributed by atoms with E-state index in [1.54, 1.807) is 0 Å². The minimum atomic E-state index is -0.522. The molecule has 2 nitrogen and oxygen atoms in total. The van der Waals surface area contributed by atoms with E-state index in [1.807, 2.05) is 0 Å². The van der Waals surface area contributed by atoms with E-state index in [4.69, 9.17) is 0 Å². The standard InChI is InChI=1S/C14H24O2/c1-11-5-4-8-14(9-11,13(15)16)10-12-6-2-3-7-12/h11-12H,2-10H2,1H3,(H,15,16). The van der Waals surface area contributed by atoms with Gasteiger partial charge in [-0.3, -0.25) is 4.79 Å². The fourth-order valence-electron chi connectivity index (χ4n) is 3.89. The molecule has 2 aliphatic carbocycles. The van der Waals surface area contributed by atoms with Crippen LogP contribution in [0.3, 0.4) is 0 Å². The maximum Gasteiger partial charge on any atom is 0.309 e. The predicted octanol–water partition coefficient (Wildman–Crippen LogP) is 3.85. The second-order valence-electron chi connectivity index (χ2n) is 6.14. The molecule has 2 fully saturated rings. The molecule has 2 atom stereocenters. The zero-order chi connectivity index (χ0) is 11.6. The first kappa shape index (κ1) is 11.9. The Morgan fingerprint density at radius 2 is 1.94 bits per heavy atom. The highest BCUT2D eigenvalue weighted by Crippen LogP contribution is 2.46. The monoisotopic (exact) mass is 224 g/mol. The Balaban J connectivity index is 2.04. The molecule has 0 heterocycles. The molecule has 2 saturated carbocycles. The van der Waals surface area contributed by atoms with Gasteiger partial charge < -0.3 is 5.11 Å².